The Morgan fingerprint density at radius 3 is 2.34 bits per heavy atom. The number of imidazole rings is 1. The van der Waals surface area contributed by atoms with E-state index in [0.717, 1.165) is 6.54 Å². The number of hydrogen-bond acceptors (Lipinski definition) is 1. The minimum Gasteiger partial charge on any atom is -1.00 e. The normalized spacial score (nSPS) is 10.6. The molecule has 2 rings (SSSR count). The van der Waals surface area contributed by atoms with Gasteiger partial charge < -0.3 is 22.3 Å². The molecule has 1 N–H and O–H groups in total. The van der Waals surface area contributed by atoms with Crippen LogP contribution in [0.15, 0.2) is 36.9 Å². The van der Waals surface area contributed by atoms with Gasteiger partial charge in [-0.1, -0.05) is 75.1 Å². The standard InChI is InChI=1S/C22H31Cl2N3O.BrH/c1-2-3-4-5-6-7-8-9-10-13-26-14-15-27(18-26)17-22(28)25-21-12-11-19(23)16-20(21)24;/h11-12,14-16,18H,2-10,13,17H2,1H3;1H. The van der Waals surface area contributed by atoms with Crippen LogP contribution in [0, 0.1) is 0 Å². The lowest BCUT2D eigenvalue weighted by atomic mass is 10.1. The first-order chi connectivity index (χ1) is 13.6. The first-order valence-electron chi connectivity index (χ1n) is 10.4. The lowest BCUT2D eigenvalue weighted by molar-refractivity contribution is -0.696. The highest BCUT2D eigenvalue weighted by Crippen LogP contribution is 2.25. The summed E-state index contributed by atoms with van der Waals surface area (Å²) < 4.78 is 4.02. The number of nitrogens with zero attached hydrogens (tertiary/aromatic N) is 2. The molecule has 0 radical (unpaired) electrons. The van der Waals surface area contributed by atoms with Gasteiger partial charge in [-0.2, -0.15) is 0 Å². The fraction of sp³-hybridized carbons (Fsp3) is 0.545. The van der Waals surface area contributed by atoms with E-state index in [1.54, 1.807) is 18.2 Å². The summed E-state index contributed by atoms with van der Waals surface area (Å²) in [5.74, 6) is -0.116. The average Bonchev–Trinajstić information content (AvgIpc) is 3.10. The molecular formula is C22H32BrCl2N3O. The van der Waals surface area contributed by atoms with Crippen molar-refractivity contribution in [2.45, 2.75) is 77.8 Å². The first-order valence-corrected chi connectivity index (χ1v) is 11.1. The molecule has 0 saturated heterocycles. The zero-order chi connectivity index (χ0) is 20.2. The third-order valence-corrected chi connectivity index (χ3v) is 5.35. The molecule has 4 nitrogen and oxygen atoms in total. The van der Waals surface area contributed by atoms with Crippen molar-refractivity contribution in [2.24, 2.45) is 0 Å². The number of aryl methyl sites for hydroxylation is 1. The van der Waals surface area contributed by atoms with E-state index in [4.69, 9.17) is 23.2 Å². The van der Waals surface area contributed by atoms with Crippen LogP contribution in [0.5, 0.6) is 0 Å². The summed E-state index contributed by atoms with van der Waals surface area (Å²) in [5, 5.41) is 3.81. The number of halogens is 3. The Labute approximate surface area is 195 Å². The van der Waals surface area contributed by atoms with Gasteiger partial charge in [0.2, 0.25) is 6.33 Å². The summed E-state index contributed by atoms with van der Waals surface area (Å²) in [7, 11) is 0. The van der Waals surface area contributed by atoms with Gasteiger partial charge in [-0.15, -0.1) is 0 Å². The molecule has 0 atom stereocenters. The summed E-state index contributed by atoms with van der Waals surface area (Å²) in [4.78, 5) is 12.2. The molecule has 1 aromatic carbocycles. The maximum Gasteiger partial charge on any atom is 0.266 e. The molecule has 0 unspecified atom stereocenters. The number of benzene rings is 1. The number of carbonyl (C=O) groups is 1. The van der Waals surface area contributed by atoms with Crippen LogP contribution in [-0.2, 0) is 17.9 Å². The molecule has 0 saturated carbocycles. The molecule has 2 aromatic rings. The zero-order valence-corrected chi connectivity index (χ0v) is 20.3. The molecule has 1 amide bonds. The molecule has 0 spiro atoms. The fourth-order valence-corrected chi connectivity index (χ4v) is 3.67. The van der Waals surface area contributed by atoms with Crippen molar-refractivity contribution in [2.75, 3.05) is 5.32 Å². The number of rotatable bonds is 13. The third kappa shape index (κ3) is 10.5. The van der Waals surface area contributed by atoms with E-state index in [1.807, 2.05) is 23.3 Å². The van der Waals surface area contributed by atoms with Gasteiger partial charge in [-0.25, -0.2) is 9.13 Å². The Bertz CT molecular complexity index is 737. The molecule has 0 aliphatic heterocycles. The number of carbonyl (C=O) groups excluding carboxylic acids is 1. The second-order valence-electron chi connectivity index (χ2n) is 7.32. The monoisotopic (exact) mass is 503 g/mol. The number of aromatic nitrogens is 2. The van der Waals surface area contributed by atoms with Gasteiger partial charge in [-0.3, -0.25) is 4.79 Å². The highest BCUT2D eigenvalue weighted by Gasteiger charge is 2.11. The van der Waals surface area contributed by atoms with Crippen molar-refractivity contribution in [3.63, 3.8) is 0 Å². The lowest BCUT2D eigenvalue weighted by Crippen LogP contribution is -3.00. The largest absolute Gasteiger partial charge is 1.00 e. The SMILES string of the molecule is CCCCCCCCCCC[n+]1ccn(CC(=O)Nc2ccc(Cl)cc2Cl)c1.[Br-]. The number of unbranched alkanes of at least 4 members (excludes halogenated alkanes) is 8. The second-order valence-corrected chi connectivity index (χ2v) is 8.17. The maximum atomic E-state index is 12.2. The van der Waals surface area contributed by atoms with Crippen molar-refractivity contribution in [3.05, 3.63) is 47.0 Å². The minimum atomic E-state index is -0.116. The minimum absolute atomic E-state index is 0. The molecule has 162 valence electrons. The average molecular weight is 505 g/mol. The number of hydrogen-bond donors (Lipinski definition) is 1. The van der Waals surface area contributed by atoms with Crippen molar-refractivity contribution in [3.8, 4) is 0 Å². The van der Waals surface area contributed by atoms with Crippen LogP contribution in [0.4, 0.5) is 5.69 Å². The summed E-state index contributed by atoms with van der Waals surface area (Å²) in [6.07, 6.45) is 17.9. The van der Waals surface area contributed by atoms with Crippen molar-refractivity contribution >= 4 is 34.8 Å². The molecule has 29 heavy (non-hydrogen) atoms. The summed E-state index contributed by atoms with van der Waals surface area (Å²) in [6.45, 7) is 3.50. The van der Waals surface area contributed by atoms with Crippen molar-refractivity contribution < 1.29 is 26.3 Å². The second kappa shape index (κ2) is 14.9. The Morgan fingerprint density at radius 1 is 1.03 bits per heavy atom. The Balaban J connectivity index is 0.00000420. The van der Waals surface area contributed by atoms with Gasteiger partial charge in [0.05, 0.1) is 17.3 Å². The maximum absolute atomic E-state index is 12.2. The topological polar surface area (TPSA) is 37.9 Å². The van der Waals surface area contributed by atoms with Crippen LogP contribution in [0.25, 0.3) is 0 Å². The van der Waals surface area contributed by atoms with Crippen LogP contribution in [-0.4, -0.2) is 10.5 Å². The van der Waals surface area contributed by atoms with Crippen LogP contribution in [0.2, 0.25) is 10.0 Å². The van der Waals surface area contributed by atoms with E-state index in [2.05, 4.69) is 16.8 Å². The van der Waals surface area contributed by atoms with E-state index >= 15 is 0 Å². The van der Waals surface area contributed by atoms with Crippen LogP contribution in [0.1, 0.15) is 64.7 Å². The highest BCUT2D eigenvalue weighted by atomic mass is 79.9. The number of nitrogens with one attached hydrogen (secondary N) is 1. The van der Waals surface area contributed by atoms with Crippen molar-refractivity contribution in [1.29, 1.82) is 0 Å². The van der Waals surface area contributed by atoms with Gasteiger partial charge in [0, 0.05) is 5.02 Å². The molecule has 0 aliphatic carbocycles. The number of anilines is 1. The van der Waals surface area contributed by atoms with Gasteiger partial charge in [-0.05, 0) is 31.0 Å². The fourth-order valence-electron chi connectivity index (χ4n) is 3.22. The third-order valence-electron chi connectivity index (χ3n) is 4.80. The van der Waals surface area contributed by atoms with E-state index in [1.165, 1.54) is 57.8 Å². The summed E-state index contributed by atoms with van der Waals surface area (Å²) in [5.41, 5.74) is 0.575. The van der Waals surface area contributed by atoms with Gasteiger partial charge >= 0.3 is 0 Å². The van der Waals surface area contributed by atoms with Crippen LogP contribution in [0.3, 0.4) is 0 Å². The molecule has 0 bridgehead atoms. The Hall–Kier alpha value is -1.04. The number of amides is 1. The lowest BCUT2D eigenvalue weighted by Gasteiger charge is -2.06. The van der Waals surface area contributed by atoms with Crippen LogP contribution < -0.4 is 26.9 Å². The molecule has 0 aliphatic rings. The van der Waals surface area contributed by atoms with Gasteiger partial charge in [0.1, 0.15) is 12.4 Å². The summed E-state index contributed by atoms with van der Waals surface area (Å²) >= 11 is 12.0. The predicted molar refractivity (Wildman–Crippen MR) is 117 cm³/mol. The molecule has 0 fully saturated rings. The smallest absolute Gasteiger partial charge is 0.266 e. The predicted octanol–water partition coefficient (Wildman–Crippen LogP) is 3.26. The molecule has 7 heteroatoms. The molecular weight excluding hydrogens is 473 g/mol. The van der Waals surface area contributed by atoms with Gasteiger partial charge in [0.15, 0.2) is 6.54 Å². The molecule has 1 aromatic heterocycles. The first kappa shape index (κ1) is 26.0. The Kier molecular flexibility index (Phi) is 13.3. The molecule has 1 heterocycles. The van der Waals surface area contributed by atoms with Crippen molar-refractivity contribution in [1.82, 2.24) is 4.57 Å². The summed E-state index contributed by atoms with van der Waals surface area (Å²) in [6, 6.07) is 5.04. The quantitative estimate of drug-likeness (QED) is 0.330. The zero-order valence-electron chi connectivity index (χ0n) is 17.2. The van der Waals surface area contributed by atoms with E-state index in [0.29, 0.717) is 15.7 Å². The Morgan fingerprint density at radius 2 is 1.69 bits per heavy atom. The van der Waals surface area contributed by atoms with E-state index in [9.17, 15) is 4.79 Å². The van der Waals surface area contributed by atoms with Gasteiger partial charge in [0.25, 0.3) is 5.91 Å². The van der Waals surface area contributed by atoms with E-state index < -0.39 is 0 Å². The van der Waals surface area contributed by atoms with Crippen LogP contribution >= 0.6 is 23.2 Å². The van der Waals surface area contributed by atoms with E-state index in [-0.39, 0.29) is 29.4 Å². The highest BCUT2D eigenvalue weighted by molar-refractivity contribution is 6.36.